The lowest BCUT2D eigenvalue weighted by atomic mass is 10.2. The third kappa shape index (κ3) is 2.23. The lowest BCUT2D eigenvalue weighted by Crippen LogP contribution is -2.48. The van der Waals surface area contributed by atoms with Crippen LogP contribution in [0.1, 0.15) is 5.56 Å². The molecule has 4 heteroatoms. The maximum absolute atomic E-state index is 13.0. The van der Waals surface area contributed by atoms with Crippen molar-refractivity contribution >= 4 is 11.6 Å². The van der Waals surface area contributed by atoms with E-state index in [1.54, 1.807) is 12.1 Å². The molecule has 0 aromatic heterocycles. The van der Waals surface area contributed by atoms with E-state index in [0.717, 1.165) is 18.7 Å². The Bertz CT molecular complexity index is 328. The molecule has 1 aromatic rings. The number of halogens is 2. The highest BCUT2D eigenvalue weighted by atomic mass is 35.5. The van der Waals surface area contributed by atoms with Crippen LogP contribution in [0.2, 0.25) is 5.02 Å². The van der Waals surface area contributed by atoms with Crippen LogP contribution in [0.5, 0.6) is 0 Å². The molecule has 0 unspecified atom stereocenters. The molecule has 0 spiro atoms. The molecule has 1 heterocycles. The van der Waals surface area contributed by atoms with Crippen molar-refractivity contribution in [3.05, 3.63) is 34.6 Å². The summed E-state index contributed by atoms with van der Waals surface area (Å²) in [4.78, 5) is 0. The second kappa shape index (κ2) is 4.26. The molecule has 0 saturated carbocycles. The summed E-state index contributed by atoms with van der Waals surface area (Å²) in [7, 11) is 0. The minimum Gasteiger partial charge on any atom is -0.371 e. The smallest absolute Gasteiger partial charge is 0.142 e. The normalized spacial score (nSPS) is 16.7. The Morgan fingerprint density at radius 3 is 2.86 bits per heavy atom. The van der Waals surface area contributed by atoms with Crippen LogP contribution in [0.15, 0.2) is 18.2 Å². The van der Waals surface area contributed by atoms with E-state index in [1.165, 1.54) is 6.07 Å². The van der Waals surface area contributed by atoms with E-state index >= 15 is 0 Å². The number of ether oxygens (including phenoxy) is 1. The van der Waals surface area contributed by atoms with Crippen LogP contribution >= 0.6 is 11.6 Å². The fourth-order valence-corrected chi connectivity index (χ4v) is 1.34. The van der Waals surface area contributed by atoms with Crippen LogP contribution in [0, 0.1) is 5.82 Å². The van der Waals surface area contributed by atoms with Gasteiger partial charge in [-0.1, -0.05) is 17.7 Å². The van der Waals surface area contributed by atoms with E-state index in [1.807, 2.05) is 0 Å². The zero-order chi connectivity index (χ0) is 9.97. The fourth-order valence-electron chi connectivity index (χ4n) is 1.22. The highest BCUT2D eigenvalue weighted by Gasteiger charge is 2.16. The van der Waals surface area contributed by atoms with Gasteiger partial charge in [-0.05, 0) is 17.7 Å². The highest BCUT2D eigenvalue weighted by molar-refractivity contribution is 6.30. The predicted octanol–water partition coefficient (Wildman–Crippen LogP) is 1.97. The van der Waals surface area contributed by atoms with Crippen molar-refractivity contribution in [1.82, 2.24) is 5.32 Å². The van der Waals surface area contributed by atoms with E-state index in [9.17, 15) is 4.39 Å². The number of nitrogens with one attached hydrogen (secondary N) is 1. The summed E-state index contributed by atoms with van der Waals surface area (Å²) in [5, 5.41) is 3.25. The van der Waals surface area contributed by atoms with E-state index in [0.29, 0.717) is 6.61 Å². The number of hydrogen-bond donors (Lipinski definition) is 1. The molecule has 0 aliphatic carbocycles. The fraction of sp³-hybridized carbons (Fsp3) is 0.400. The Balaban J connectivity index is 1.91. The van der Waals surface area contributed by atoms with Crippen molar-refractivity contribution in [3.63, 3.8) is 0 Å². The van der Waals surface area contributed by atoms with E-state index in [-0.39, 0.29) is 16.9 Å². The summed E-state index contributed by atoms with van der Waals surface area (Å²) in [6.45, 7) is 2.21. The molecule has 1 fully saturated rings. The van der Waals surface area contributed by atoms with Gasteiger partial charge in [-0.3, -0.25) is 0 Å². The number of hydrogen-bond acceptors (Lipinski definition) is 2. The average molecular weight is 216 g/mol. The SMILES string of the molecule is Fc1cc(COC2CNC2)ccc1Cl. The maximum Gasteiger partial charge on any atom is 0.142 e. The first-order chi connectivity index (χ1) is 6.75. The van der Waals surface area contributed by atoms with E-state index in [4.69, 9.17) is 16.3 Å². The molecule has 1 N–H and O–H groups in total. The highest BCUT2D eigenvalue weighted by Crippen LogP contribution is 2.16. The largest absolute Gasteiger partial charge is 0.371 e. The summed E-state index contributed by atoms with van der Waals surface area (Å²) in [5.41, 5.74) is 0.818. The van der Waals surface area contributed by atoms with Crippen molar-refractivity contribution in [3.8, 4) is 0 Å². The molecule has 0 radical (unpaired) electrons. The number of rotatable bonds is 3. The quantitative estimate of drug-likeness (QED) is 0.833. The Morgan fingerprint density at radius 2 is 2.29 bits per heavy atom. The van der Waals surface area contributed by atoms with Crippen LogP contribution in [0.4, 0.5) is 4.39 Å². The Labute approximate surface area is 87.0 Å². The average Bonchev–Trinajstić information content (AvgIpc) is 2.08. The lowest BCUT2D eigenvalue weighted by molar-refractivity contribution is 0.00749. The summed E-state index contributed by atoms with van der Waals surface area (Å²) in [6, 6.07) is 4.74. The molecule has 76 valence electrons. The van der Waals surface area contributed by atoms with Gasteiger partial charge in [-0.2, -0.15) is 0 Å². The van der Waals surface area contributed by atoms with Crippen molar-refractivity contribution in [1.29, 1.82) is 0 Å². The van der Waals surface area contributed by atoms with E-state index in [2.05, 4.69) is 5.32 Å². The van der Waals surface area contributed by atoms with Gasteiger partial charge in [0.05, 0.1) is 17.7 Å². The summed E-state index contributed by atoms with van der Waals surface area (Å²) in [5.74, 6) is -0.389. The molecule has 1 saturated heterocycles. The first kappa shape index (κ1) is 9.90. The van der Waals surface area contributed by atoms with Gasteiger partial charge in [0.25, 0.3) is 0 Å². The van der Waals surface area contributed by atoms with E-state index < -0.39 is 0 Å². The Morgan fingerprint density at radius 1 is 1.50 bits per heavy atom. The maximum atomic E-state index is 13.0. The van der Waals surface area contributed by atoms with Gasteiger partial charge in [0.2, 0.25) is 0 Å². The van der Waals surface area contributed by atoms with Crippen LogP contribution in [-0.4, -0.2) is 19.2 Å². The second-order valence-corrected chi connectivity index (χ2v) is 3.75. The monoisotopic (exact) mass is 215 g/mol. The standard InChI is InChI=1S/C10H11ClFNO/c11-9-2-1-7(3-10(9)12)6-14-8-4-13-5-8/h1-3,8,13H,4-6H2. The zero-order valence-corrected chi connectivity index (χ0v) is 8.35. The minimum atomic E-state index is -0.389. The molecule has 1 aliphatic heterocycles. The zero-order valence-electron chi connectivity index (χ0n) is 7.59. The van der Waals surface area contributed by atoms with Crippen LogP contribution in [-0.2, 0) is 11.3 Å². The van der Waals surface area contributed by atoms with Crippen molar-refractivity contribution < 1.29 is 9.13 Å². The summed E-state index contributed by atoms with van der Waals surface area (Å²) < 4.78 is 18.5. The molecule has 14 heavy (non-hydrogen) atoms. The van der Waals surface area contributed by atoms with Crippen LogP contribution < -0.4 is 5.32 Å². The first-order valence-electron chi connectivity index (χ1n) is 4.52. The summed E-state index contributed by atoms with van der Waals surface area (Å²) >= 11 is 5.56. The lowest BCUT2D eigenvalue weighted by Gasteiger charge is -2.27. The van der Waals surface area contributed by atoms with Gasteiger partial charge in [0.1, 0.15) is 5.82 Å². The molecule has 2 rings (SSSR count). The molecule has 2 nitrogen and oxygen atoms in total. The van der Waals surface area contributed by atoms with Gasteiger partial charge in [0.15, 0.2) is 0 Å². The van der Waals surface area contributed by atoms with Gasteiger partial charge in [-0.25, -0.2) is 4.39 Å². The topological polar surface area (TPSA) is 21.3 Å². The molecule has 0 amide bonds. The molecular weight excluding hydrogens is 205 g/mol. The second-order valence-electron chi connectivity index (χ2n) is 3.34. The summed E-state index contributed by atoms with van der Waals surface area (Å²) in [6.07, 6.45) is 0.272. The molecule has 1 aromatic carbocycles. The van der Waals surface area contributed by atoms with Gasteiger partial charge in [0, 0.05) is 13.1 Å². The first-order valence-corrected chi connectivity index (χ1v) is 4.90. The van der Waals surface area contributed by atoms with Gasteiger partial charge >= 0.3 is 0 Å². The predicted molar refractivity (Wildman–Crippen MR) is 52.9 cm³/mol. The van der Waals surface area contributed by atoms with Gasteiger partial charge < -0.3 is 10.1 Å². The molecule has 1 aliphatic rings. The van der Waals surface area contributed by atoms with Crippen molar-refractivity contribution in [2.75, 3.05) is 13.1 Å². The van der Waals surface area contributed by atoms with Gasteiger partial charge in [-0.15, -0.1) is 0 Å². The molecule has 0 bridgehead atoms. The van der Waals surface area contributed by atoms with Crippen molar-refractivity contribution in [2.24, 2.45) is 0 Å². The molecule has 0 atom stereocenters. The Kier molecular flexibility index (Phi) is 3.01. The van der Waals surface area contributed by atoms with Crippen LogP contribution in [0.25, 0.3) is 0 Å². The van der Waals surface area contributed by atoms with Crippen molar-refractivity contribution in [2.45, 2.75) is 12.7 Å². The Hall–Kier alpha value is -0.640. The minimum absolute atomic E-state index is 0.152. The third-order valence-electron chi connectivity index (χ3n) is 2.21. The number of benzene rings is 1. The third-order valence-corrected chi connectivity index (χ3v) is 2.52. The van der Waals surface area contributed by atoms with Crippen LogP contribution in [0.3, 0.4) is 0 Å². The molecular formula is C10H11ClFNO.